The Morgan fingerprint density at radius 1 is 1.64 bits per heavy atom. The van der Waals surface area contributed by atoms with Crippen LogP contribution in [0.1, 0.15) is 30.8 Å². The summed E-state index contributed by atoms with van der Waals surface area (Å²) in [7, 11) is 0. The zero-order valence-corrected chi connectivity index (χ0v) is 6.37. The molecule has 2 atom stereocenters. The van der Waals surface area contributed by atoms with Crippen LogP contribution in [0, 0.1) is 17.2 Å². The number of nitriles is 1. The topological polar surface area (TPSA) is 36.9 Å². The Labute approximate surface area is 65.4 Å². The normalized spacial score (nSPS) is 28.0. The Morgan fingerprint density at radius 2 is 2.36 bits per heavy atom. The maximum atomic E-state index is 8.48. The van der Waals surface area contributed by atoms with E-state index in [-0.39, 0.29) is 0 Å². The van der Waals surface area contributed by atoms with Crippen molar-refractivity contribution in [2.24, 2.45) is 5.92 Å². The van der Waals surface area contributed by atoms with Crippen molar-refractivity contribution in [3.63, 3.8) is 0 Å². The van der Waals surface area contributed by atoms with Crippen LogP contribution in [0.2, 0.25) is 0 Å². The van der Waals surface area contributed by atoms with E-state index in [9.17, 15) is 0 Å². The van der Waals surface area contributed by atoms with Gasteiger partial charge in [-0.25, -0.2) is 0 Å². The van der Waals surface area contributed by atoms with Gasteiger partial charge in [-0.1, -0.05) is 6.92 Å². The lowest BCUT2D eigenvalue weighted by Crippen LogP contribution is -1.73. The lowest BCUT2D eigenvalue weighted by Gasteiger charge is -1.87. The molecule has 0 aliphatic heterocycles. The SMILES string of the molecule is CC1CC1c1ccc(C#N)o1. The molecule has 0 N–H and O–H groups in total. The fourth-order valence-electron chi connectivity index (χ4n) is 1.33. The second-order valence-electron chi connectivity index (χ2n) is 3.13. The van der Waals surface area contributed by atoms with Gasteiger partial charge in [0, 0.05) is 5.92 Å². The lowest BCUT2D eigenvalue weighted by molar-refractivity contribution is 0.494. The van der Waals surface area contributed by atoms with Crippen molar-refractivity contribution in [2.45, 2.75) is 19.3 Å². The summed E-state index contributed by atoms with van der Waals surface area (Å²) in [6, 6.07) is 5.62. The number of furan rings is 1. The molecule has 1 aliphatic carbocycles. The highest BCUT2D eigenvalue weighted by molar-refractivity contribution is 5.23. The second-order valence-corrected chi connectivity index (χ2v) is 3.13. The maximum absolute atomic E-state index is 8.48. The summed E-state index contributed by atoms with van der Waals surface area (Å²) in [4.78, 5) is 0. The molecular formula is C9H9NO. The van der Waals surface area contributed by atoms with Crippen LogP contribution in [0.5, 0.6) is 0 Å². The molecule has 1 aromatic rings. The summed E-state index contributed by atoms with van der Waals surface area (Å²) in [6.07, 6.45) is 1.21. The van der Waals surface area contributed by atoms with Crippen molar-refractivity contribution in [3.8, 4) is 6.07 Å². The fourth-order valence-corrected chi connectivity index (χ4v) is 1.33. The van der Waals surface area contributed by atoms with Crippen LogP contribution < -0.4 is 0 Å². The number of hydrogen-bond donors (Lipinski definition) is 0. The van der Waals surface area contributed by atoms with E-state index >= 15 is 0 Å². The summed E-state index contributed by atoms with van der Waals surface area (Å²) in [6.45, 7) is 2.19. The smallest absolute Gasteiger partial charge is 0.203 e. The van der Waals surface area contributed by atoms with E-state index in [1.54, 1.807) is 6.07 Å². The van der Waals surface area contributed by atoms with Gasteiger partial charge in [-0.05, 0) is 24.5 Å². The summed E-state index contributed by atoms with van der Waals surface area (Å²) >= 11 is 0. The summed E-state index contributed by atoms with van der Waals surface area (Å²) < 4.78 is 5.27. The van der Waals surface area contributed by atoms with Gasteiger partial charge in [-0.3, -0.25) is 0 Å². The van der Waals surface area contributed by atoms with E-state index < -0.39 is 0 Å². The average Bonchev–Trinajstić information content (AvgIpc) is 2.59. The van der Waals surface area contributed by atoms with E-state index in [0.29, 0.717) is 11.7 Å². The summed E-state index contributed by atoms with van der Waals surface area (Å²) in [5.74, 6) is 2.73. The molecule has 0 bridgehead atoms. The molecule has 0 saturated heterocycles. The summed E-state index contributed by atoms with van der Waals surface area (Å²) in [5, 5.41) is 8.48. The van der Waals surface area contributed by atoms with Crippen LogP contribution >= 0.6 is 0 Å². The predicted octanol–water partition coefficient (Wildman–Crippen LogP) is 2.27. The standard InChI is InChI=1S/C9H9NO/c1-6-4-8(6)9-3-2-7(5-10)11-9/h2-3,6,8H,4H2,1H3. The molecule has 1 fully saturated rings. The monoisotopic (exact) mass is 147 g/mol. The molecule has 2 heteroatoms. The molecule has 11 heavy (non-hydrogen) atoms. The molecular weight excluding hydrogens is 138 g/mol. The Balaban J connectivity index is 2.21. The predicted molar refractivity (Wildman–Crippen MR) is 39.9 cm³/mol. The first-order chi connectivity index (χ1) is 5.31. The van der Waals surface area contributed by atoms with Crippen molar-refractivity contribution in [2.75, 3.05) is 0 Å². The van der Waals surface area contributed by atoms with Gasteiger partial charge in [0.2, 0.25) is 5.76 Å². The van der Waals surface area contributed by atoms with Crippen LogP contribution in [0.15, 0.2) is 16.5 Å². The first kappa shape index (κ1) is 6.48. The van der Waals surface area contributed by atoms with Gasteiger partial charge in [0.15, 0.2) is 0 Å². The number of hydrogen-bond acceptors (Lipinski definition) is 2. The molecule has 2 unspecified atom stereocenters. The van der Waals surface area contributed by atoms with Crippen LogP contribution in [0.4, 0.5) is 0 Å². The molecule has 1 aliphatic rings. The van der Waals surface area contributed by atoms with Gasteiger partial charge >= 0.3 is 0 Å². The minimum absolute atomic E-state index is 0.430. The first-order valence-corrected chi connectivity index (χ1v) is 3.81. The highest BCUT2D eigenvalue weighted by Gasteiger charge is 2.36. The van der Waals surface area contributed by atoms with E-state index in [0.717, 1.165) is 11.7 Å². The zero-order valence-electron chi connectivity index (χ0n) is 6.37. The Hall–Kier alpha value is -1.23. The third-order valence-corrected chi connectivity index (χ3v) is 2.21. The Kier molecular flexibility index (Phi) is 1.25. The average molecular weight is 147 g/mol. The molecule has 1 aromatic heterocycles. The largest absolute Gasteiger partial charge is 0.450 e. The minimum atomic E-state index is 0.430. The molecule has 0 amide bonds. The quantitative estimate of drug-likeness (QED) is 0.611. The molecule has 0 spiro atoms. The summed E-state index contributed by atoms with van der Waals surface area (Å²) in [5.41, 5.74) is 0. The highest BCUT2D eigenvalue weighted by Crippen LogP contribution is 2.47. The molecule has 2 rings (SSSR count). The lowest BCUT2D eigenvalue weighted by atomic mass is 10.3. The molecule has 2 nitrogen and oxygen atoms in total. The third-order valence-electron chi connectivity index (χ3n) is 2.21. The van der Waals surface area contributed by atoms with E-state index in [4.69, 9.17) is 9.68 Å². The third kappa shape index (κ3) is 1.03. The van der Waals surface area contributed by atoms with Gasteiger partial charge < -0.3 is 4.42 Å². The maximum Gasteiger partial charge on any atom is 0.203 e. The van der Waals surface area contributed by atoms with Crippen LogP contribution in [-0.2, 0) is 0 Å². The van der Waals surface area contributed by atoms with Gasteiger partial charge in [-0.2, -0.15) is 5.26 Å². The van der Waals surface area contributed by atoms with Gasteiger partial charge in [0.1, 0.15) is 11.8 Å². The number of rotatable bonds is 1. The molecule has 0 radical (unpaired) electrons. The molecule has 0 aromatic carbocycles. The van der Waals surface area contributed by atoms with Crippen molar-refractivity contribution < 1.29 is 4.42 Å². The van der Waals surface area contributed by atoms with Crippen molar-refractivity contribution >= 4 is 0 Å². The van der Waals surface area contributed by atoms with Crippen LogP contribution in [0.3, 0.4) is 0 Å². The zero-order chi connectivity index (χ0) is 7.84. The minimum Gasteiger partial charge on any atom is -0.450 e. The molecule has 1 saturated carbocycles. The van der Waals surface area contributed by atoms with Crippen molar-refractivity contribution in [3.05, 3.63) is 23.7 Å². The molecule has 1 heterocycles. The van der Waals surface area contributed by atoms with Gasteiger partial charge in [-0.15, -0.1) is 0 Å². The van der Waals surface area contributed by atoms with Gasteiger partial charge in [0.05, 0.1) is 0 Å². The van der Waals surface area contributed by atoms with Gasteiger partial charge in [0.25, 0.3) is 0 Å². The van der Waals surface area contributed by atoms with Crippen LogP contribution in [-0.4, -0.2) is 0 Å². The number of nitrogens with zero attached hydrogens (tertiary/aromatic N) is 1. The second kappa shape index (κ2) is 2.13. The van der Waals surface area contributed by atoms with Crippen molar-refractivity contribution in [1.29, 1.82) is 5.26 Å². The van der Waals surface area contributed by atoms with E-state index in [2.05, 4.69) is 6.92 Å². The molecule has 56 valence electrons. The Bertz CT molecular complexity index is 308. The van der Waals surface area contributed by atoms with E-state index in [1.165, 1.54) is 6.42 Å². The Morgan fingerprint density at radius 3 is 2.82 bits per heavy atom. The van der Waals surface area contributed by atoms with Crippen LogP contribution in [0.25, 0.3) is 0 Å². The van der Waals surface area contributed by atoms with E-state index in [1.807, 2.05) is 12.1 Å². The highest BCUT2D eigenvalue weighted by atomic mass is 16.3. The first-order valence-electron chi connectivity index (χ1n) is 3.81. The fraction of sp³-hybridized carbons (Fsp3) is 0.444. The van der Waals surface area contributed by atoms with Crippen molar-refractivity contribution in [1.82, 2.24) is 0 Å².